The molecular weight excluding hydrogens is 742 g/mol. The fraction of sp³-hybridized carbons (Fsp3) is 0.351. The summed E-state index contributed by atoms with van der Waals surface area (Å²) >= 11 is 0. The van der Waals surface area contributed by atoms with Crippen molar-refractivity contribution in [1.29, 1.82) is 0 Å². The molecule has 20 heteroatoms. The van der Waals surface area contributed by atoms with Gasteiger partial charge in [0.15, 0.2) is 0 Å². The minimum absolute atomic E-state index is 0.0355. The quantitative estimate of drug-likeness (QED) is 0.0280. The van der Waals surface area contributed by atoms with Crippen molar-refractivity contribution < 1.29 is 43.8 Å². The molecular formula is C37H45N11O9. The molecule has 0 aliphatic carbocycles. The van der Waals surface area contributed by atoms with Gasteiger partial charge in [-0.15, -0.1) is 0 Å². The summed E-state index contributed by atoms with van der Waals surface area (Å²) in [5, 5.41) is 36.1. The lowest BCUT2D eigenvalue weighted by atomic mass is 10.0. The number of nitrogens with two attached hydrogens (primary N) is 1. The second-order valence-electron chi connectivity index (χ2n) is 13.5. The number of amides is 7. The highest BCUT2D eigenvalue weighted by molar-refractivity contribution is 5.98. The van der Waals surface area contributed by atoms with Crippen molar-refractivity contribution in [2.75, 3.05) is 6.61 Å². The van der Waals surface area contributed by atoms with Gasteiger partial charge in [-0.2, -0.15) is 0 Å². The van der Waals surface area contributed by atoms with Crippen LogP contribution in [0.4, 0.5) is 0 Å². The van der Waals surface area contributed by atoms with Gasteiger partial charge in [-0.05, 0) is 42.7 Å². The highest BCUT2D eigenvalue weighted by Crippen LogP contribution is 2.20. The van der Waals surface area contributed by atoms with Gasteiger partial charge in [-0.3, -0.25) is 39.0 Å². The standard InChI is InChI=1S/C37H45N11O9/c1-19(32(52)48-38)42-34(54)27(12-20-6-8-23(50)9-7-20)44-37(57)30(17-49)47-35(55)28(13-21-15-40-25-5-3-2-4-24(21)25)45-36(56)29(14-22-16-39-18-41-22)46-33(53)26-10-11-31(51)43-26/h2-9,15-16,18-19,26-30,40,49-50H,10-14,17,38H2,1H3,(H,39,41)(H,42,54)(H,43,51)(H,44,57)(H,45,56)(H,46,53)(H,47,55)(H,48,52)/t19-,26+,27+,28+,29+,30+/m1/s1. The summed E-state index contributed by atoms with van der Waals surface area (Å²) in [5.41, 5.74) is 4.31. The van der Waals surface area contributed by atoms with Crippen molar-refractivity contribution in [3.63, 3.8) is 0 Å². The zero-order valence-corrected chi connectivity index (χ0v) is 30.8. The SMILES string of the molecule is C[C@@H](NC(=O)[C@H](Cc1ccc(O)cc1)NC(=O)[C@H](CO)NC(=O)[C@H](Cc1c[nH]c2ccccc12)NC(=O)[C@H](Cc1cnc[nH]1)NC(=O)[C@@H]1CCC(=O)N1)C(=O)NN. The molecule has 0 bridgehead atoms. The number of hydrogen-bond acceptors (Lipinski definition) is 11. The Labute approximate surface area is 325 Å². The van der Waals surface area contributed by atoms with Crippen LogP contribution in [0.2, 0.25) is 0 Å². The minimum atomic E-state index is -1.63. The monoisotopic (exact) mass is 787 g/mol. The Morgan fingerprint density at radius 1 is 0.807 bits per heavy atom. The molecule has 302 valence electrons. The lowest BCUT2D eigenvalue weighted by Crippen LogP contribution is -2.61. The van der Waals surface area contributed by atoms with Crippen LogP contribution >= 0.6 is 0 Å². The number of para-hydroxylation sites is 1. The van der Waals surface area contributed by atoms with Crippen molar-refractivity contribution in [3.05, 3.63) is 84.1 Å². The molecule has 5 rings (SSSR count). The molecule has 6 atom stereocenters. The molecule has 13 N–H and O–H groups in total. The van der Waals surface area contributed by atoms with E-state index < -0.39 is 78.3 Å². The predicted octanol–water partition coefficient (Wildman–Crippen LogP) is -2.67. The zero-order chi connectivity index (χ0) is 41.1. The Morgan fingerprint density at radius 3 is 2.07 bits per heavy atom. The number of hydrazine groups is 1. The Hall–Kier alpha value is -6.80. The molecule has 3 heterocycles. The average molecular weight is 788 g/mol. The van der Waals surface area contributed by atoms with Crippen LogP contribution in [0.1, 0.15) is 36.6 Å². The number of fused-ring (bicyclic) bond motifs is 1. The Morgan fingerprint density at radius 2 is 1.44 bits per heavy atom. The fourth-order valence-electron chi connectivity index (χ4n) is 6.23. The summed E-state index contributed by atoms with van der Waals surface area (Å²) in [7, 11) is 0. The highest BCUT2D eigenvalue weighted by atomic mass is 16.3. The predicted molar refractivity (Wildman–Crippen MR) is 202 cm³/mol. The number of aliphatic hydroxyl groups excluding tert-OH is 1. The number of carbonyl (C=O) groups is 7. The first-order valence-electron chi connectivity index (χ1n) is 18.1. The van der Waals surface area contributed by atoms with E-state index in [2.05, 4.69) is 46.9 Å². The molecule has 1 aliphatic heterocycles. The molecule has 1 saturated heterocycles. The smallest absolute Gasteiger partial charge is 0.256 e. The molecule has 4 aromatic rings. The summed E-state index contributed by atoms with van der Waals surface area (Å²) in [6.45, 7) is 0.451. The van der Waals surface area contributed by atoms with Gasteiger partial charge in [0.25, 0.3) is 5.91 Å². The fourth-order valence-corrected chi connectivity index (χ4v) is 6.23. The van der Waals surface area contributed by atoms with Crippen LogP contribution in [0.3, 0.4) is 0 Å². The Balaban J connectivity index is 1.37. The topological polar surface area (TPSA) is 315 Å². The number of aromatic nitrogens is 3. The van der Waals surface area contributed by atoms with Gasteiger partial charge >= 0.3 is 0 Å². The lowest BCUT2D eigenvalue weighted by Gasteiger charge is -2.26. The van der Waals surface area contributed by atoms with Crippen molar-refractivity contribution in [2.45, 2.75) is 75.3 Å². The number of H-pyrrole nitrogens is 2. The number of nitrogens with one attached hydrogen (secondary N) is 9. The summed E-state index contributed by atoms with van der Waals surface area (Å²) in [4.78, 5) is 102. The van der Waals surface area contributed by atoms with Gasteiger partial charge < -0.3 is 52.1 Å². The number of rotatable bonds is 18. The van der Waals surface area contributed by atoms with Gasteiger partial charge in [-0.1, -0.05) is 30.3 Å². The number of carbonyl (C=O) groups excluding carboxylic acids is 7. The number of benzene rings is 2. The van der Waals surface area contributed by atoms with E-state index in [-0.39, 0.29) is 43.8 Å². The molecule has 7 amide bonds. The van der Waals surface area contributed by atoms with Crippen LogP contribution in [0.15, 0.2) is 67.3 Å². The highest BCUT2D eigenvalue weighted by Gasteiger charge is 2.34. The van der Waals surface area contributed by atoms with E-state index >= 15 is 0 Å². The van der Waals surface area contributed by atoms with Gasteiger partial charge in [0.2, 0.25) is 35.4 Å². The summed E-state index contributed by atoms with van der Waals surface area (Å²) < 4.78 is 0. The first-order valence-corrected chi connectivity index (χ1v) is 18.1. The second kappa shape index (κ2) is 19.2. The summed E-state index contributed by atoms with van der Waals surface area (Å²) in [6.07, 6.45) is 4.63. The van der Waals surface area contributed by atoms with Crippen LogP contribution in [-0.4, -0.2) is 109 Å². The summed E-state index contributed by atoms with van der Waals surface area (Å²) in [6, 6.07) is 5.52. The Bertz CT molecular complexity index is 2070. The van der Waals surface area contributed by atoms with E-state index in [0.717, 1.165) is 10.9 Å². The molecule has 0 saturated carbocycles. The van der Waals surface area contributed by atoms with Crippen LogP contribution < -0.4 is 43.2 Å². The molecule has 2 aromatic heterocycles. The van der Waals surface area contributed by atoms with Crippen LogP contribution in [0.25, 0.3) is 10.9 Å². The number of phenols is 1. The van der Waals surface area contributed by atoms with Crippen LogP contribution in [-0.2, 0) is 52.8 Å². The number of imidazole rings is 1. The molecule has 57 heavy (non-hydrogen) atoms. The third-order valence-corrected chi connectivity index (χ3v) is 9.37. The normalized spacial score (nSPS) is 16.3. The van der Waals surface area contributed by atoms with E-state index in [9.17, 15) is 43.8 Å². The van der Waals surface area contributed by atoms with Crippen molar-refractivity contribution in [3.8, 4) is 5.75 Å². The van der Waals surface area contributed by atoms with E-state index in [1.165, 1.54) is 43.7 Å². The van der Waals surface area contributed by atoms with Crippen molar-refractivity contribution >= 4 is 52.3 Å². The van der Waals surface area contributed by atoms with E-state index in [1.54, 1.807) is 12.3 Å². The molecule has 20 nitrogen and oxygen atoms in total. The lowest BCUT2D eigenvalue weighted by molar-refractivity contribution is -0.135. The van der Waals surface area contributed by atoms with Gasteiger partial charge in [0.05, 0.1) is 12.9 Å². The maximum atomic E-state index is 14.1. The number of nitrogens with zero attached hydrogens (tertiary/aromatic N) is 1. The number of aromatic amines is 2. The van der Waals surface area contributed by atoms with Gasteiger partial charge in [-0.25, -0.2) is 10.8 Å². The molecule has 2 aromatic carbocycles. The Kier molecular flexibility index (Phi) is 13.9. The van der Waals surface area contributed by atoms with E-state index in [4.69, 9.17) is 5.84 Å². The van der Waals surface area contributed by atoms with Gasteiger partial charge in [0.1, 0.15) is 42.0 Å². The molecule has 0 spiro atoms. The van der Waals surface area contributed by atoms with Crippen LogP contribution in [0, 0.1) is 0 Å². The van der Waals surface area contributed by atoms with Gasteiger partial charge in [0, 0.05) is 54.7 Å². The third-order valence-electron chi connectivity index (χ3n) is 9.37. The third kappa shape index (κ3) is 11.1. The van der Waals surface area contributed by atoms with Crippen molar-refractivity contribution in [1.82, 2.24) is 52.3 Å². The molecule has 1 aliphatic rings. The van der Waals surface area contributed by atoms with Crippen LogP contribution in [0.5, 0.6) is 5.75 Å². The molecule has 1 fully saturated rings. The number of aliphatic hydroxyl groups is 1. The summed E-state index contributed by atoms with van der Waals surface area (Å²) in [5.74, 6) is 0.133. The minimum Gasteiger partial charge on any atom is -0.508 e. The zero-order valence-electron chi connectivity index (χ0n) is 30.8. The number of aromatic hydroxyl groups is 1. The first kappa shape index (κ1) is 41.4. The molecule has 0 unspecified atom stereocenters. The van der Waals surface area contributed by atoms with Crippen molar-refractivity contribution in [2.24, 2.45) is 5.84 Å². The maximum Gasteiger partial charge on any atom is 0.256 e. The largest absolute Gasteiger partial charge is 0.508 e. The van der Waals surface area contributed by atoms with E-state index in [0.29, 0.717) is 16.8 Å². The molecule has 0 radical (unpaired) electrons. The maximum absolute atomic E-state index is 14.1. The van der Waals surface area contributed by atoms with E-state index in [1.807, 2.05) is 23.6 Å². The average Bonchev–Trinajstić information content (AvgIpc) is 3.98. The number of phenolic OH excluding ortho intramolecular Hbond substituents is 1. The second-order valence-corrected chi connectivity index (χ2v) is 13.5. The first-order chi connectivity index (χ1) is 27.3. The number of hydrogen-bond donors (Lipinski definition) is 12.